The van der Waals surface area contributed by atoms with Crippen LogP contribution in [0.2, 0.25) is 0 Å². The smallest absolute Gasteiger partial charge is 0.338 e. The summed E-state index contributed by atoms with van der Waals surface area (Å²) in [5.74, 6) is 0.694. The molecule has 1 saturated heterocycles. The lowest BCUT2D eigenvalue weighted by atomic mass is 9.98. The standard InChI is InChI=1S/C26H26N2O4/c1-31-26(30)19-15-22(29)25-24(16-19)32-23-10-6-5-9-21(23)28(25)20-11-13-27(14-12-20)17-18-7-3-2-4-8-18/h2-10,15-16,20,29H,11-14,17H2,1H3. The number of aromatic hydroxyl groups is 1. The van der Waals surface area contributed by atoms with Crippen molar-refractivity contribution in [1.29, 1.82) is 0 Å². The fourth-order valence-corrected chi connectivity index (χ4v) is 4.69. The Labute approximate surface area is 187 Å². The number of nitrogens with zero attached hydrogens (tertiary/aromatic N) is 2. The molecule has 2 aliphatic rings. The zero-order valence-electron chi connectivity index (χ0n) is 18.0. The number of methoxy groups -OCH3 is 1. The molecule has 1 fully saturated rings. The number of fused-ring (bicyclic) bond motifs is 2. The van der Waals surface area contributed by atoms with Crippen LogP contribution in [0.4, 0.5) is 11.4 Å². The van der Waals surface area contributed by atoms with Crippen LogP contribution in [0, 0.1) is 0 Å². The number of carbonyl (C=O) groups excluding carboxylic acids is 1. The first kappa shape index (κ1) is 20.4. The van der Waals surface area contributed by atoms with E-state index in [1.54, 1.807) is 6.07 Å². The molecule has 0 atom stereocenters. The first-order valence-corrected chi connectivity index (χ1v) is 10.9. The van der Waals surface area contributed by atoms with Crippen LogP contribution in [0.25, 0.3) is 0 Å². The molecule has 6 heteroatoms. The molecule has 6 nitrogen and oxygen atoms in total. The molecule has 0 unspecified atom stereocenters. The Morgan fingerprint density at radius 3 is 2.50 bits per heavy atom. The van der Waals surface area contributed by atoms with Crippen molar-refractivity contribution in [2.24, 2.45) is 0 Å². The average molecular weight is 431 g/mol. The number of phenolic OH excluding ortho intramolecular Hbond substituents is 1. The lowest BCUT2D eigenvalue weighted by Gasteiger charge is -2.42. The zero-order chi connectivity index (χ0) is 22.1. The molecule has 0 amide bonds. The number of carbonyl (C=O) groups is 1. The van der Waals surface area contributed by atoms with Crippen molar-refractivity contribution in [1.82, 2.24) is 4.90 Å². The first-order chi connectivity index (χ1) is 15.6. The second-order valence-electron chi connectivity index (χ2n) is 8.27. The monoisotopic (exact) mass is 430 g/mol. The van der Waals surface area contributed by atoms with Crippen molar-refractivity contribution in [3.8, 4) is 17.2 Å². The molecule has 0 bridgehead atoms. The molecule has 2 aliphatic heterocycles. The summed E-state index contributed by atoms with van der Waals surface area (Å²) in [5.41, 5.74) is 3.13. The van der Waals surface area contributed by atoms with Gasteiger partial charge in [-0.05, 0) is 42.7 Å². The van der Waals surface area contributed by atoms with E-state index in [-0.39, 0.29) is 17.4 Å². The minimum Gasteiger partial charge on any atom is -0.506 e. The Kier molecular flexibility index (Phi) is 5.45. The summed E-state index contributed by atoms with van der Waals surface area (Å²) in [5, 5.41) is 10.9. The lowest BCUT2D eigenvalue weighted by Crippen LogP contribution is -2.43. The van der Waals surface area contributed by atoms with Gasteiger partial charge in [0.25, 0.3) is 0 Å². The van der Waals surface area contributed by atoms with Gasteiger partial charge in [0, 0.05) is 25.7 Å². The van der Waals surface area contributed by atoms with Crippen LogP contribution in [-0.2, 0) is 11.3 Å². The van der Waals surface area contributed by atoms with E-state index in [1.807, 2.05) is 30.3 Å². The van der Waals surface area contributed by atoms with Crippen molar-refractivity contribution in [2.75, 3.05) is 25.1 Å². The Balaban J connectivity index is 1.44. The number of likely N-dealkylation sites (tertiary alicyclic amines) is 1. The molecule has 0 spiro atoms. The van der Waals surface area contributed by atoms with Crippen LogP contribution in [0.1, 0.15) is 28.8 Å². The number of esters is 1. The van der Waals surface area contributed by atoms with Crippen LogP contribution in [-0.4, -0.2) is 42.2 Å². The highest BCUT2D eigenvalue weighted by molar-refractivity contribution is 5.94. The second-order valence-corrected chi connectivity index (χ2v) is 8.27. The number of piperidine rings is 1. The normalized spacial score (nSPS) is 16.1. The number of anilines is 2. The third kappa shape index (κ3) is 3.78. The van der Waals surface area contributed by atoms with Crippen LogP contribution >= 0.6 is 0 Å². The predicted octanol–water partition coefficient (Wildman–Crippen LogP) is 5.09. The molecule has 3 aromatic carbocycles. The number of para-hydroxylation sites is 2. The van der Waals surface area contributed by atoms with Crippen molar-refractivity contribution in [3.63, 3.8) is 0 Å². The Hall–Kier alpha value is -3.51. The van der Waals surface area contributed by atoms with Crippen LogP contribution < -0.4 is 9.64 Å². The maximum Gasteiger partial charge on any atom is 0.338 e. The predicted molar refractivity (Wildman–Crippen MR) is 123 cm³/mol. The van der Waals surface area contributed by atoms with Gasteiger partial charge in [0.1, 0.15) is 11.4 Å². The molecule has 2 heterocycles. The fraction of sp³-hybridized carbons (Fsp3) is 0.269. The maximum atomic E-state index is 12.1. The van der Waals surface area contributed by atoms with Gasteiger partial charge in [0.15, 0.2) is 11.5 Å². The number of phenols is 1. The third-order valence-corrected chi connectivity index (χ3v) is 6.23. The van der Waals surface area contributed by atoms with Gasteiger partial charge in [-0.15, -0.1) is 0 Å². The highest BCUT2D eigenvalue weighted by Crippen LogP contribution is 2.52. The summed E-state index contributed by atoms with van der Waals surface area (Å²) < 4.78 is 10.9. The van der Waals surface area contributed by atoms with Gasteiger partial charge in [-0.25, -0.2) is 4.79 Å². The minimum absolute atomic E-state index is 0.0177. The summed E-state index contributed by atoms with van der Waals surface area (Å²) in [6, 6.07) is 21.7. The van der Waals surface area contributed by atoms with E-state index in [9.17, 15) is 9.90 Å². The summed E-state index contributed by atoms with van der Waals surface area (Å²) in [6.45, 7) is 2.88. The molecule has 32 heavy (non-hydrogen) atoms. The number of hydrogen-bond acceptors (Lipinski definition) is 6. The van der Waals surface area contributed by atoms with Gasteiger partial charge in [-0.2, -0.15) is 0 Å². The molecule has 0 radical (unpaired) electrons. The third-order valence-electron chi connectivity index (χ3n) is 6.23. The van der Waals surface area contributed by atoms with Gasteiger partial charge in [-0.3, -0.25) is 4.90 Å². The van der Waals surface area contributed by atoms with E-state index in [0.717, 1.165) is 38.2 Å². The molecular formula is C26H26N2O4. The first-order valence-electron chi connectivity index (χ1n) is 10.9. The van der Waals surface area contributed by atoms with Crippen molar-refractivity contribution in [2.45, 2.75) is 25.4 Å². The highest BCUT2D eigenvalue weighted by Gasteiger charge is 2.35. The maximum absolute atomic E-state index is 12.1. The Bertz CT molecular complexity index is 1120. The second kappa shape index (κ2) is 8.55. The van der Waals surface area contributed by atoms with Gasteiger partial charge >= 0.3 is 5.97 Å². The Morgan fingerprint density at radius 1 is 1.03 bits per heavy atom. The van der Waals surface area contributed by atoms with Gasteiger partial charge < -0.3 is 19.5 Å². The number of hydrogen-bond donors (Lipinski definition) is 1. The van der Waals surface area contributed by atoms with E-state index < -0.39 is 5.97 Å². The summed E-state index contributed by atoms with van der Waals surface area (Å²) in [7, 11) is 1.32. The molecule has 0 saturated carbocycles. The molecule has 3 aromatic rings. The topological polar surface area (TPSA) is 62.2 Å². The number of ether oxygens (including phenoxy) is 2. The minimum atomic E-state index is -0.508. The summed E-state index contributed by atoms with van der Waals surface area (Å²) in [6.07, 6.45) is 1.91. The van der Waals surface area contributed by atoms with E-state index >= 15 is 0 Å². The van der Waals surface area contributed by atoms with Gasteiger partial charge in [0.05, 0.1) is 18.4 Å². The van der Waals surface area contributed by atoms with Crippen molar-refractivity contribution < 1.29 is 19.4 Å². The number of benzene rings is 3. The molecule has 0 aliphatic carbocycles. The van der Waals surface area contributed by atoms with Crippen molar-refractivity contribution in [3.05, 3.63) is 77.9 Å². The van der Waals surface area contributed by atoms with Crippen molar-refractivity contribution >= 4 is 17.3 Å². The SMILES string of the molecule is COC(=O)c1cc(O)c2c(c1)Oc1ccccc1N2C1CCN(Cc2ccccc2)CC1. The molecule has 0 aromatic heterocycles. The van der Waals surface area contributed by atoms with Gasteiger partial charge in [0.2, 0.25) is 0 Å². The summed E-state index contributed by atoms with van der Waals surface area (Å²) in [4.78, 5) is 16.7. The van der Waals surface area contributed by atoms with Gasteiger partial charge in [-0.1, -0.05) is 42.5 Å². The van der Waals surface area contributed by atoms with E-state index in [4.69, 9.17) is 9.47 Å². The quantitative estimate of drug-likeness (QED) is 0.582. The van der Waals surface area contributed by atoms with Crippen LogP contribution in [0.5, 0.6) is 17.2 Å². The lowest BCUT2D eigenvalue weighted by molar-refractivity contribution is 0.0600. The molecule has 164 valence electrons. The summed E-state index contributed by atoms with van der Waals surface area (Å²) >= 11 is 0. The van der Waals surface area contributed by atoms with Crippen LogP contribution in [0.15, 0.2) is 66.7 Å². The average Bonchev–Trinajstić information content (AvgIpc) is 2.83. The Morgan fingerprint density at radius 2 is 1.75 bits per heavy atom. The fourth-order valence-electron chi connectivity index (χ4n) is 4.69. The molecular weight excluding hydrogens is 404 g/mol. The van der Waals surface area contributed by atoms with E-state index in [1.165, 1.54) is 18.7 Å². The zero-order valence-corrected chi connectivity index (χ0v) is 18.0. The highest BCUT2D eigenvalue weighted by atomic mass is 16.5. The van der Waals surface area contributed by atoms with Crippen LogP contribution in [0.3, 0.4) is 0 Å². The number of rotatable bonds is 4. The largest absolute Gasteiger partial charge is 0.506 e. The van der Waals surface area contributed by atoms with E-state index in [2.05, 4.69) is 34.1 Å². The van der Waals surface area contributed by atoms with E-state index in [0.29, 0.717) is 17.2 Å². The molecule has 1 N–H and O–H groups in total. The molecule has 5 rings (SSSR count).